The monoisotopic (exact) mass is 508 g/mol. The van der Waals surface area contributed by atoms with Gasteiger partial charge in [-0.1, -0.05) is 60.6 Å². The summed E-state index contributed by atoms with van der Waals surface area (Å²) in [6, 6.07) is 19.5. The van der Waals surface area contributed by atoms with Crippen LogP contribution in [-0.4, -0.2) is 11.0 Å². The Morgan fingerprint density at radius 1 is 0.944 bits per heavy atom. The summed E-state index contributed by atoms with van der Waals surface area (Å²) in [5, 5.41) is 3.72. The zero-order valence-electron chi connectivity index (χ0n) is 19.3. The van der Waals surface area contributed by atoms with Crippen LogP contribution < -0.4 is 5.32 Å². The molecule has 2 aliphatic rings. The normalized spacial score (nSPS) is 19.2. The maximum atomic E-state index is 13.0. The fourth-order valence-corrected chi connectivity index (χ4v) is 6.22. The Balaban J connectivity index is 1.14. The van der Waals surface area contributed by atoms with Crippen molar-refractivity contribution >= 4 is 38.3 Å². The highest BCUT2D eigenvalue weighted by atomic mass is 32.1. The number of hydrogen-bond acceptors (Lipinski definition) is 5. The molecule has 1 aromatic heterocycles. The van der Waals surface area contributed by atoms with Gasteiger partial charge in [-0.3, -0.25) is 4.79 Å². The van der Waals surface area contributed by atoms with Gasteiger partial charge in [-0.15, -0.1) is 0 Å². The number of thiazole rings is 1. The summed E-state index contributed by atoms with van der Waals surface area (Å²) in [7, 11) is 0. The third-order valence-electron chi connectivity index (χ3n) is 7.29. The molecule has 3 aromatic carbocycles. The van der Waals surface area contributed by atoms with Crippen molar-refractivity contribution in [1.82, 2.24) is 4.98 Å². The number of ether oxygens (including phenoxy) is 1. The first-order valence-corrected chi connectivity index (χ1v) is 12.8. The van der Waals surface area contributed by atoms with Gasteiger partial charge in [-0.25, -0.2) is 4.98 Å². The molecule has 1 saturated carbocycles. The highest BCUT2D eigenvalue weighted by molar-refractivity contribution is 7.22. The molecular weight excluding hydrogens is 485 g/mol. The average molecular weight is 509 g/mol. The van der Waals surface area contributed by atoms with Gasteiger partial charge in [0.05, 0.1) is 21.2 Å². The summed E-state index contributed by atoms with van der Waals surface area (Å²) in [4.78, 5) is 16.9. The second-order valence-corrected chi connectivity index (χ2v) is 10.6. The summed E-state index contributed by atoms with van der Waals surface area (Å²) in [6.07, 6.45) is 0.303. The number of esters is 1. The summed E-state index contributed by atoms with van der Waals surface area (Å²) in [6.45, 7) is 0. The number of carbonyl (C=O) groups excluding carboxylic acids is 1. The molecule has 36 heavy (non-hydrogen) atoms. The van der Waals surface area contributed by atoms with E-state index in [1.807, 2.05) is 48.5 Å². The molecule has 4 aromatic rings. The number of hydrogen-bond donors (Lipinski definition) is 1. The van der Waals surface area contributed by atoms with Crippen LogP contribution in [0.15, 0.2) is 66.7 Å². The molecule has 184 valence electrons. The minimum atomic E-state index is -4.38. The molecule has 2 heterocycles. The first kappa shape index (κ1) is 23.0. The third-order valence-corrected chi connectivity index (χ3v) is 8.22. The van der Waals surface area contributed by atoms with Gasteiger partial charge in [-0.05, 0) is 59.9 Å². The van der Waals surface area contributed by atoms with Crippen molar-refractivity contribution in [3.63, 3.8) is 0 Å². The molecule has 0 radical (unpaired) electrons. The average Bonchev–Trinajstić information content (AvgIpc) is 3.58. The van der Waals surface area contributed by atoms with Gasteiger partial charge in [0.25, 0.3) is 0 Å². The number of fused-ring (bicyclic) bond motifs is 1. The Hall–Kier alpha value is -3.39. The van der Waals surface area contributed by atoms with E-state index in [4.69, 9.17) is 4.74 Å². The SMILES string of the molecule is O=C1OC(c2ccc(-c3ccc(Nc4nc5ccc(C(F)(F)F)cc5s4)cc3)cc2)CC12CCCC2. The van der Waals surface area contributed by atoms with Crippen LogP contribution in [0.2, 0.25) is 0 Å². The largest absolute Gasteiger partial charge is 0.457 e. The number of nitrogens with zero attached hydrogens (tertiary/aromatic N) is 1. The van der Waals surface area contributed by atoms with Crippen LogP contribution in [0.5, 0.6) is 0 Å². The van der Waals surface area contributed by atoms with Crippen molar-refractivity contribution in [2.24, 2.45) is 5.41 Å². The zero-order chi connectivity index (χ0) is 24.9. The van der Waals surface area contributed by atoms with Crippen molar-refractivity contribution in [3.05, 3.63) is 77.9 Å². The van der Waals surface area contributed by atoms with E-state index in [-0.39, 0.29) is 17.5 Å². The molecule has 0 bridgehead atoms. The van der Waals surface area contributed by atoms with Crippen LogP contribution in [0.3, 0.4) is 0 Å². The number of carbonyl (C=O) groups is 1. The maximum Gasteiger partial charge on any atom is 0.416 e. The Kier molecular flexibility index (Phi) is 5.52. The van der Waals surface area contributed by atoms with E-state index in [1.54, 1.807) is 0 Å². The molecule has 2 fully saturated rings. The number of alkyl halides is 3. The molecule has 8 heteroatoms. The van der Waals surface area contributed by atoms with Gasteiger partial charge < -0.3 is 10.1 Å². The lowest BCUT2D eigenvalue weighted by atomic mass is 9.82. The van der Waals surface area contributed by atoms with Crippen LogP contribution in [0.1, 0.15) is 49.3 Å². The molecule has 1 unspecified atom stereocenters. The van der Waals surface area contributed by atoms with Crippen LogP contribution in [0.25, 0.3) is 21.3 Å². The number of benzene rings is 3. The fourth-order valence-electron chi connectivity index (χ4n) is 5.29. The second kappa shape index (κ2) is 8.62. The van der Waals surface area contributed by atoms with Crippen molar-refractivity contribution in [2.75, 3.05) is 5.32 Å². The number of aromatic nitrogens is 1. The Morgan fingerprint density at radius 3 is 2.28 bits per heavy atom. The van der Waals surface area contributed by atoms with Crippen molar-refractivity contribution < 1.29 is 22.7 Å². The van der Waals surface area contributed by atoms with Gasteiger partial charge in [0.2, 0.25) is 0 Å². The lowest BCUT2D eigenvalue weighted by molar-refractivity contribution is -0.148. The number of cyclic esters (lactones) is 1. The second-order valence-electron chi connectivity index (χ2n) is 9.61. The smallest absolute Gasteiger partial charge is 0.416 e. The minimum absolute atomic E-state index is 0.0360. The summed E-state index contributed by atoms with van der Waals surface area (Å²) < 4.78 is 45.1. The Bertz CT molecular complexity index is 1420. The lowest BCUT2D eigenvalue weighted by Crippen LogP contribution is -2.21. The van der Waals surface area contributed by atoms with E-state index < -0.39 is 11.7 Å². The summed E-state index contributed by atoms with van der Waals surface area (Å²) in [5.41, 5.74) is 3.48. The van der Waals surface area contributed by atoms with Crippen LogP contribution >= 0.6 is 11.3 Å². The minimum Gasteiger partial charge on any atom is -0.457 e. The highest BCUT2D eigenvalue weighted by Gasteiger charge is 2.50. The molecule has 1 aliphatic carbocycles. The lowest BCUT2D eigenvalue weighted by Gasteiger charge is -2.16. The fraction of sp³-hybridized carbons (Fsp3) is 0.286. The number of halogens is 3. The van der Waals surface area contributed by atoms with Crippen molar-refractivity contribution in [3.8, 4) is 11.1 Å². The van der Waals surface area contributed by atoms with Crippen LogP contribution in [-0.2, 0) is 15.7 Å². The molecule has 4 nitrogen and oxygen atoms in total. The van der Waals surface area contributed by atoms with E-state index in [0.717, 1.165) is 66.6 Å². The summed E-state index contributed by atoms with van der Waals surface area (Å²) >= 11 is 1.19. The van der Waals surface area contributed by atoms with E-state index >= 15 is 0 Å². The predicted octanol–water partition coefficient (Wildman–Crippen LogP) is 8.27. The standard InChI is InChI=1S/C28H23F3N2O2S/c29-28(30,31)20-9-12-22-24(15-20)36-26(33-22)32-21-10-7-18(8-11-21)17-3-5-19(6-4-17)23-16-27(25(34)35-23)13-1-2-14-27/h3-12,15,23H,1-2,13-14,16H2,(H,32,33). The quantitative estimate of drug-likeness (QED) is 0.282. The van der Waals surface area contributed by atoms with Crippen LogP contribution in [0, 0.1) is 5.41 Å². The van der Waals surface area contributed by atoms with Crippen LogP contribution in [0.4, 0.5) is 24.0 Å². The van der Waals surface area contributed by atoms with Gasteiger partial charge in [0, 0.05) is 12.1 Å². The molecular formula is C28H23F3N2O2S. The van der Waals surface area contributed by atoms with Gasteiger partial charge in [0.1, 0.15) is 6.10 Å². The highest BCUT2D eigenvalue weighted by Crippen LogP contribution is 2.51. The Morgan fingerprint density at radius 2 is 1.61 bits per heavy atom. The predicted molar refractivity (Wildman–Crippen MR) is 134 cm³/mol. The third kappa shape index (κ3) is 4.23. The molecule has 1 atom stereocenters. The number of rotatable bonds is 4. The Labute approximate surface area is 210 Å². The molecule has 1 aliphatic heterocycles. The van der Waals surface area contributed by atoms with Gasteiger partial charge >= 0.3 is 12.1 Å². The molecule has 0 amide bonds. The molecule has 6 rings (SSSR count). The van der Waals surface area contributed by atoms with Gasteiger partial charge in [0.15, 0.2) is 5.13 Å². The first-order valence-electron chi connectivity index (χ1n) is 12.0. The topological polar surface area (TPSA) is 51.2 Å². The van der Waals surface area contributed by atoms with Crippen molar-refractivity contribution in [1.29, 1.82) is 0 Å². The maximum absolute atomic E-state index is 13.0. The van der Waals surface area contributed by atoms with E-state index in [0.29, 0.717) is 15.3 Å². The molecule has 1 spiro atoms. The van der Waals surface area contributed by atoms with Gasteiger partial charge in [-0.2, -0.15) is 13.2 Å². The van der Waals surface area contributed by atoms with E-state index in [2.05, 4.69) is 10.3 Å². The van der Waals surface area contributed by atoms with E-state index in [9.17, 15) is 18.0 Å². The number of nitrogens with one attached hydrogen (secondary N) is 1. The zero-order valence-corrected chi connectivity index (χ0v) is 20.1. The molecule has 1 saturated heterocycles. The van der Waals surface area contributed by atoms with Crippen molar-refractivity contribution in [2.45, 2.75) is 44.4 Å². The number of anilines is 2. The first-order chi connectivity index (χ1) is 17.3. The summed E-state index contributed by atoms with van der Waals surface area (Å²) in [5.74, 6) is -0.0360. The van der Waals surface area contributed by atoms with E-state index in [1.165, 1.54) is 17.4 Å². The molecule has 1 N–H and O–H groups in total.